The number of fused-ring (bicyclic) bond motifs is 1. The van der Waals surface area contributed by atoms with Gasteiger partial charge in [-0.2, -0.15) is 0 Å². The van der Waals surface area contributed by atoms with Crippen molar-refractivity contribution in [3.63, 3.8) is 0 Å². The Hall–Kier alpha value is -3.00. The van der Waals surface area contributed by atoms with Gasteiger partial charge in [0, 0.05) is 37.5 Å². The van der Waals surface area contributed by atoms with Gasteiger partial charge in [0.2, 0.25) is 0 Å². The highest BCUT2D eigenvalue weighted by atomic mass is 32.2. The number of rotatable bonds is 4. The number of thioether (sulfide) groups is 1. The summed E-state index contributed by atoms with van der Waals surface area (Å²) in [7, 11) is 0. The number of aromatic nitrogens is 2. The number of nitrogens with two attached hydrogens (primary N) is 1. The van der Waals surface area contributed by atoms with Crippen LogP contribution in [0.25, 0.3) is 11.0 Å². The third-order valence-corrected chi connectivity index (χ3v) is 6.00. The van der Waals surface area contributed by atoms with Crippen molar-refractivity contribution in [3.8, 4) is 0 Å². The summed E-state index contributed by atoms with van der Waals surface area (Å²) in [6.45, 7) is 2.17. The molecule has 1 fully saturated rings. The molecule has 0 saturated carbocycles. The zero-order valence-corrected chi connectivity index (χ0v) is 16.8. The lowest BCUT2D eigenvalue weighted by Crippen LogP contribution is -2.39. The van der Waals surface area contributed by atoms with Gasteiger partial charge in [0.25, 0.3) is 5.91 Å². The Morgan fingerprint density at radius 1 is 1.00 bits per heavy atom. The molecule has 1 saturated heterocycles. The Kier molecular flexibility index (Phi) is 5.71. The van der Waals surface area contributed by atoms with Crippen LogP contribution in [0.3, 0.4) is 0 Å². The monoisotopic (exact) mass is 409 g/mol. The lowest BCUT2D eigenvalue weighted by Gasteiger charge is -2.22. The molecule has 3 amide bonds. The molecule has 8 heteroatoms. The maximum absolute atomic E-state index is 13.2. The van der Waals surface area contributed by atoms with Crippen LogP contribution in [0.5, 0.6) is 0 Å². The molecule has 1 aliphatic heterocycles. The first-order chi connectivity index (χ1) is 14.1. The predicted octanol–water partition coefficient (Wildman–Crippen LogP) is 3.08. The highest BCUT2D eigenvalue weighted by Gasteiger charge is 2.23. The van der Waals surface area contributed by atoms with Gasteiger partial charge in [-0.3, -0.25) is 4.79 Å². The minimum Gasteiger partial charge on any atom is -0.351 e. The van der Waals surface area contributed by atoms with Gasteiger partial charge in [0.15, 0.2) is 5.16 Å². The Bertz CT molecular complexity index is 1000. The van der Waals surface area contributed by atoms with Crippen molar-refractivity contribution < 1.29 is 9.59 Å². The molecule has 3 N–H and O–H groups in total. The number of imidazole rings is 1. The SMILES string of the molecule is NC(=O)N1CCCN(C(=O)c2ccccc2CSc2nc3ccccc3[nH]2)CC1. The predicted molar refractivity (Wildman–Crippen MR) is 114 cm³/mol. The van der Waals surface area contributed by atoms with Gasteiger partial charge in [-0.15, -0.1) is 0 Å². The van der Waals surface area contributed by atoms with Crippen LogP contribution in [0.2, 0.25) is 0 Å². The molecule has 4 rings (SSSR count). The fourth-order valence-corrected chi connectivity index (χ4v) is 4.40. The Morgan fingerprint density at radius 3 is 2.55 bits per heavy atom. The van der Waals surface area contributed by atoms with E-state index >= 15 is 0 Å². The van der Waals surface area contributed by atoms with E-state index in [4.69, 9.17) is 5.73 Å². The second-order valence-electron chi connectivity index (χ2n) is 6.98. The second-order valence-corrected chi connectivity index (χ2v) is 7.94. The number of nitrogens with one attached hydrogen (secondary N) is 1. The maximum Gasteiger partial charge on any atom is 0.314 e. The number of carbonyl (C=O) groups excluding carboxylic acids is 2. The van der Waals surface area contributed by atoms with E-state index in [-0.39, 0.29) is 5.91 Å². The largest absolute Gasteiger partial charge is 0.351 e. The smallest absolute Gasteiger partial charge is 0.314 e. The van der Waals surface area contributed by atoms with Gasteiger partial charge in [-0.1, -0.05) is 42.1 Å². The van der Waals surface area contributed by atoms with E-state index in [1.54, 1.807) is 16.7 Å². The summed E-state index contributed by atoms with van der Waals surface area (Å²) in [4.78, 5) is 35.9. The number of primary amides is 1. The fraction of sp³-hybridized carbons (Fsp3) is 0.286. The van der Waals surface area contributed by atoms with E-state index in [0.29, 0.717) is 37.5 Å². The third-order valence-electron chi connectivity index (χ3n) is 5.07. The van der Waals surface area contributed by atoms with Crippen molar-refractivity contribution in [3.05, 3.63) is 59.7 Å². The van der Waals surface area contributed by atoms with Crippen LogP contribution in [-0.2, 0) is 5.75 Å². The van der Waals surface area contributed by atoms with E-state index in [1.807, 2.05) is 53.4 Å². The Labute approximate surface area is 173 Å². The molecule has 0 unspecified atom stereocenters. The molecule has 29 heavy (non-hydrogen) atoms. The first kappa shape index (κ1) is 19.3. The first-order valence-corrected chi connectivity index (χ1v) is 10.6. The summed E-state index contributed by atoms with van der Waals surface area (Å²) in [6.07, 6.45) is 0.727. The van der Waals surface area contributed by atoms with Crippen molar-refractivity contribution in [2.45, 2.75) is 17.3 Å². The average Bonchev–Trinajstić information content (AvgIpc) is 2.98. The number of nitrogens with zero attached hydrogens (tertiary/aromatic N) is 3. The first-order valence-electron chi connectivity index (χ1n) is 9.61. The zero-order valence-electron chi connectivity index (χ0n) is 16.0. The molecular weight excluding hydrogens is 386 g/mol. The Morgan fingerprint density at radius 2 is 1.72 bits per heavy atom. The third kappa shape index (κ3) is 4.37. The number of carbonyl (C=O) groups is 2. The number of urea groups is 1. The molecule has 1 aromatic heterocycles. The number of hydrogen-bond acceptors (Lipinski definition) is 4. The molecule has 0 atom stereocenters. The summed E-state index contributed by atoms with van der Waals surface area (Å²) in [5.74, 6) is 0.639. The lowest BCUT2D eigenvalue weighted by molar-refractivity contribution is 0.0761. The molecule has 3 aromatic rings. The molecule has 7 nitrogen and oxygen atoms in total. The maximum atomic E-state index is 13.2. The van der Waals surface area contributed by atoms with Gasteiger partial charge < -0.3 is 20.5 Å². The minimum atomic E-state index is -0.429. The molecule has 2 heterocycles. The topological polar surface area (TPSA) is 95.3 Å². The van der Waals surface area contributed by atoms with E-state index in [9.17, 15) is 9.59 Å². The van der Waals surface area contributed by atoms with Gasteiger partial charge in [-0.25, -0.2) is 9.78 Å². The zero-order chi connectivity index (χ0) is 20.2. The van der Waals surface area contributed by atoms with Crippen LogP contribution < -0.4 is 5.73 Å². The van der Waals surface area contributed by atoms with Gasteiger partial charge in [-0.05, 0) is 30.2 Å². The number of amides is 3. The van der Waals surface area contributed by atoms with E-state index < -0.39 is 6.03 Å². The van der Waals surface area contributed by atoms with E-state index in [1.165, 1.54) is 0 Å². The van der Waals surface area contributed by atoms with Crippen LogP contribution in [0, 0.1) is 0 Å². The fourth-order valence-electron chi connectivity index (χ4n) is 3.51. The normalized spacial score (nSPS) is 14.8. The molecule has 0 spiro atoms. The number of aromatic amines is 1. The summed E-state index contributed by atoms with van der Waals surface area (Å²) < 4.78 is 0. The molecule has 0 radical (unpaired) electrons. The second kappa shape index (κ2) is 8.57. The highest BCUT2D eigenvalue weighted by Crippen LogP contribution is 2.25. The number of para-hydroxylation sites is 2. The molecule has 1 aliphatic rings. The molecule has 0 aliphatic carbocycles. The van der Waals surface area contributed by atoms with E-state index in [2.05, 4.69) is 9.97 Å². The van der Waals surface area contributed by atoms with Crippen LogP contribution in [-0.4, -0.2) is 57.9 Å². The Balaban J connectivity index is 1.47. The standard InChI is InChI=1S/C21H23N5O2S/c22-20(28)26-11-5-10-25(12-13-26)19(27)16-7-2-1-6-15(16)14-29-21-23-17-8-3-4-9-18(17)24-21/h1-4,6-9H,5,10-14H2,(H2,22,28)(H,23,24). The van der Waals surface area contributed by atoms with Crippen molar-refractivity contribution in [2.24, 2.45) is 5.73 Å². The quantitative estimate of drug-likeness (QED) is 0.648. The number of H-pyrrole nitrogens is 1. The van der Waals surface area contributed by atoms with Crippen LogP contribution in [0.15, 0.2) is 53.7 Å². The van der Waals surface area contributed by atoms with E-state index in [0.717, 1.165) is 28.2 Å². The minimum absolute atomic E-state index is 0.00266. The average molecular weight is 410 g/mol. The summed E-state index contributed by atoms with van der Waals surface area (Å²) in [5, 5.41) is 0.834. The number of hydrogen-bond donors (Lipinski definition) is 2. The lowest BCUT2D eigenvalue weighted by atomic mass is 10.1. The van der Waals surface area contributed by atoms with Crippen LogP contribution >= 0.6 is 11.8 Å². The summed E-state index contributed by atoms with van der Waals surface area (Å²) in [5.41, 5.74) is 8.99. The summed E-state index contributed by atoms with van der Waals surface area (Å²) >= 11 is 1.58. The van der Waals surface area contributed by atoms with Gasteiger partial charge in [0.1, 0.15) is 0 Å². The molecule has 0 bridgehead atoms. The molecule has 150 valence electrons. The van der Waals surface area contributed by atoms with Crippen molar-refractivity contribution >= 4 is 34.7 Å². The van der Waals surface area contributed by atoms with Crippen molar-refractivity contribution in [2.75, 3.05) is 26.2 Å². The van der Waals surface area contributed by atoms with Crippen molar-refractivity contribution in [1.29, 1.82) is 0 Å². The summed E-state index contributed by atoms with van der Waals surface area (Å²) in [6, 6.07) is 15.2. The van der Waals surface area contributed by atoms with Crippen LogP contribution in [0.1, 0.15) is 22.3 Å². The highest BCUT2D eigenvalue weighted by molar-refractivity contribution is 7.98. The molecular formula is C21H23N5O2S. The van der Waals surface area contributed by atoms with Crippen molar-refractivity contribution in [1.82, 2.24) is 19.8 Å². The molecule has 2 aromatic carbocycles. The number of benzene rings is 2. The van der Waals surface area contributed by atoms with Gasteiger partial charge >= 0.3 is 6.03 Å². The van der Waals surface area contributed by atoms with Crippen LogP contribution in [0.4, 0.5) is 4.79 Å². The van der Waals surface area contributed by atoms with Gasteiger partial charge in [0.05, 0.1) is 11.0 Å².